The van der Waals surface area contributed by atoms with E-state index in [1.165, 1.54) is 18.2 Å². The summed E-state index contributed by atoms with van der Waals surface area (Å²) < 4.78 is 79.6. The molecule has 0 fully saturated rings. The van der Waals surface area contributed by atoms with Crippen LogP contribution in [0, 0.1) is 54.2 Å². The molecule has 0 amide bonds. The number of aryl methyl sites for hydroxylation is 1. The number of nitrogens with zero attached hydrogens (tertiary/aromatic N) is 3. The van der Waals surface area contributed by atoms with Crippen LogP contribution in [0.4, 0.5) is 22.0 Å². The molecule has 0 aliphatic heterocycles. The van der Waals surface area contributed by atoms with Gasteiger partial charge in [0.05, 0.1) is 0 Å². The van der Waals surface area contributed by atoms with Crippen LogP contribution < -0.4 is 0 Å². The van der Waals surface area contributed by atoms with Gasteiger partial charge in [-0.1, -0.05) is 290 Å². The Kier molecular flexibility index (Phi) is 18.5. The molecule has 0 atom stereocenters. The Morgan fingerprint density at radius 2 is 0.753 bits per heavy atom. The summed E-state index contributed by atoms with van der Waals surface area (Å²) in [7, 11) is 0. The van der Waals surface area contributed by atoms with Crippen molar-refractivity contribution in [3.63, 3.8) is 0 Å². The fourth-order valence-corrected chi connectivity index (χ4v) is 13.3. The molecular formula is C88H69F5IrN3. The van der Waals surface area contributed by atoms with E-state index in [9.17, 15) is 0 Å². The first-order valence-corrected chi connectivity index (χ1v) is 32.2. The SMILES string of the molecule is Cc1cc(-c2[c-]cc(F)c(-c3ccccc3)c2F)ncc1C(C)(C)C(C)(C)c1cc(-c2ccccc2-c2cnc(-c3[c-]cc(F)c(-c4ccccc4)c3)cc2-c2ccc(-c3ccccc3)cc2)cc(C(C)(C)C(C)(C)c2ccc(-c3[c-]cc(F)c(-c4ccccc4)c3F)nc2)c1.[Ir+3]. The Balaban J connectivity index is 0.00000897. The molecule has 0 aliphatic rings. The van der Waals surface area contributed by atoms with E-state index in [2.05, 4.69) is 152 Å². The first kappa shape index (κ1) is 66.9. The third-order valence-electron chi connectivity index (χ3n) is 20.4. The molecule has 0 aliphatic carbocycles. The molecule has 0 spiro atoms. The third kappa shape index (κ3) is 12.5. The zero-order chi connectivity index (χ0) is 67.3. The predicted molar refractivity (Wildman–Crippen MR) is 380 cm³/mol. The van der Waals surface area contributed by atoms with Crippen molar-refractivity contribution in [2.24, 2.45) is 0 Å². The number of aromatic nitrogens is 3. The summed E-state index contributed by atoms with van der Waals surface area (Å²) in [5.41, 5.74) is 13.7. The van der Waals surface area contributed by atoms with Crippen LogP contribution in [0.3, 0.4) is 0 Å². The van der Waals surface area contributed by atoms with Gasteiger partial charge in [0.25, 0.3) is 0 Å². The van der Waals surface area contributed by atoms with E-state index in [0.29, 0.717) is 39.3 Å². The Bertz CT molecular complexity index is 5030. The summed E-state index contributed by atoms with van der Waals surface area (Å²) in [6, 6.07) is 83.1. The minimum Gasteiger partial charge on any atom is -0.304 e. The van der Waals surface area contributed by atoms with Crippen molar-refractivity contribution >= 4 is 0 Å². The van der Waals surface area contributed by atoms with Crippen molar-refractivity contribution in [2.75, 3.05) is 0 Å². The maximum atomic E-state index is 16.6. The van der Waals surface area contributed by atoms with Gasteiger partial charge in [-0.25, -0.2) is 0 Å². The maximum absolute atomic E-state index is 16.6. The Morgan fingerprint density at radius 3 is 1.30 bits per heavy atom. The topological polar surface area (TPSA) is 38.7 Å². The van der Waals surface area contributed by atoms with Crippen LogP contribution >= 0.6 is 0 Å². The van der Waals surface area contributed by atoms with Gasteiger partial charge >= 0.3 is 20.1 Å². The van der Waals surface area contributed by atoms with E-state index in [1.54, 1.807) is 72.9 Å². The number of rotatable bonds is 16. The number of pyridine rings is 3. The molecule has 3 aromatic heterocycles. The first-order chi connectivity index (χ1) is 46.1. The molecule has 97 heavy (non-hydrogen) atoms. The van der Waals surface area contributed by atoms with Crippen molar-refractivity contribution in [3.05, 3.63) is 330 Å². The summed E-state index contributed by atoms with van der Waals surface area (Å²) in [5.74, 6) is -3.26. The van der Waals surface area contributed by atoms with Crippen LogP contribution in [0.15, 0.2) is 255 Å². The van der Waals surface area contributed by atoms with Crippen molar-refractivity contribution in [1.82, 2.24) is 15.0 Å². The number of hydrogen-bond acceptors (Lipinski definition) is 3. The quantitative estimate of drug-likeness (QED) is 0.0715. The molecule has 3 nitrogen and oxygen atoms in total. The molecule has 0 radical (unpaired) electrons. The van der Waals surface area contributed by atoms with Gasteiger partial charge < -0.3 is 15.0 Å². The Morgan fingerprint density at radius 1 is 0.309 bits per heavy atom. The fraction of sp³-hybridized carbons (Fsp3) is 0.148. The predicted octanol–water partition coefficient (Wildman–Crippen LogP) is 23.5. The second kappa shape index (κ2) is 26.9. The second-order valence-electron chi connectivity index (χ2n) is 26.8. The Labute approximate surface area is 579 Å². The molecule has 0 unspecified atom stereocenters. The van der Waals surface area contributed by atoms with Gasteiger partial charge in [0.15, 0.2) is 0 Å². The molecule has 13 aromatic rings. The summed E-state index contributed by atoms with van der Waals surface area (Å²) in [5, 5.41) is 0. The smallest absolute Gasteiger partial charge is 0.304 e. The largest absolute Gasteiger partial charge is 3.00 e. The van der Waals surface area contributed by atoms with Gasteiger partial charge in [0.2, 0.25) is 0 Å². The number of benzene rings is 10. The first-order valence-electron chi connectivity index (χ1n) is 32.2. The van der Waals surface area contributed by atoms with Crippen LogP contribution in [-0.4, -0.2) is 15.0 Å². The molecular weight excluding hydrogens is 1390 g/mol. The van der Waals surface area contributed by atoms with Crippen molar-refractivity contribution in [2.45, 2.75) is 84.0 Å². The van der Waals surface area contributed by atoms with Crippen molar-refractivity contribution < 1.29 is 42.1 Å². The van der Waals surface area contributed by atoms with Crippen molar-refractivity contribution in [1.29, 1.82) is 0 Å². The zero-order valence-electron chi connectivity index (χ0n) is 55.3. The van der Waals surface area contributed by atoms with Gasteiger partial charge in [-0.3, -0.25) is 22.0 Å². The fourth-order valence-electron chi connectivity index (χ4n) is 13.3. The minimum atomic E-state index is -0.737. The van der Waals surface area contributed by atoms with Gasteiger partial charge in [0.1, 0.15) is 0 Å². The van der Waals surface area contributed by atoms with Gasteiger partial charge in [-0.2, -0.15) is 0 Å². The normalized spacial score (nSPS) is 11.9. The van der Waals surface area contributed by atoms with Gasteiger partial charge in [-0.05, 0) is 124 Å². The molecule has 0 saturated carbocycles. The van der Waals surface area contributed by atoms with Crippen LogP contribution in [0.25, 0.3) is 112 Å². The average molecular weight is 1460 g/mol. The van der Waals surface area contributed by atoms with E-state index in [4.69, 9.17) is 15.0 Å². The standard InChI is InChI=1S/C88H69F5N3.Ir/c1-55-46-80(70-41-44-77(91)82(84(70)93)61-30-20-13-21-31-61)96-54-74(55)88(8,9)87(6,7)66-48-63(47-65(50-66)86(4,5)85(2,3)64-39-45-78(94-52-64)69-40-43-76(90)81(83(69)92)60-28-18-12-19-29-60)67-32-22-23-33-68(67)73-53-95-79(62-38-42-75(89)72(49-62)58-26-16-11-17-27-58)51-71(73)59-36-34-57(35-37-59)56-24-14-10-15-25-56;/h10-37,39,42-54H,1-9H3;/q-3;+3. The van der Waals surface area contributed by atoms with Crippen LogP contribution in [-0.2, 0) is 41.8 Å². The number of hydrogen-bond donors (Lipinski definition) is 0. The molecule has 10 aromatic carbocycles. The second-order valence-corrected chi connectivity index (χ2v) is 26.8. The zero-order valence-corrected chi connectivity index (χ0v) is 57.7. The molecule has 0 bridgehead atoms. The van der Waals surface area contributed by atoms with Crippen LogP contribution in [0.1, 0.15) is 83.2 Å². The minimum absolute atomic E-state index is 0. The third-order valence-corrected chi connectivity index (χ3v) is 20.4. The summed E-state index contributed by atoms with van der Waals surface area (Å²) in [6.07, 6.45) is 5.53. The molecule has 13 rings (SSSR count). The van der Waals surface area contributed by atoms with Gasteiger partial charge in [-0.15, -0.1) is 48.0 Å². The van der Waals surface area contributed by atoms with Gasteiger partial charge in [0, 0.05) is 64.1 Å². The van der Waals surface area contributed by atoms with E-state index < -0.39 is 44.9 Å². The van der Waals surface area contributed by atoms with E-state index in [-0.39, 0.29) is 48.2 Å². The van der Waals surface area contributed by atoms with E-state index >= 15 is 22.0 Å². The summed E-state index contributed by atoms with van der Waals surface area (Å²) >= 11 is 0. The average Bonchev–Trinajstić information content (AvgIpc) is 0.736. The molecule has 0 N–H and O–H groups in total. The molecule has 9 heteroatoms. The van der Waals surface area contributed by atoms with Crippen LogP contribution in [0.2, 0.25) is 0 Å². The van der Waals surface area contributed by atoms with E-state index in [0.717, 1.165) is 77.9 Å². The van der Waals surface area contributed by atoms with Crippen molar-refractivity contribution in [3.8, 4) is 112 Å². The van der Waals surface area contributed by atoms with E-state index in [1.807, 2.05) is 92.1 Å². The number of halogens is 5. The summed E-state index contributed by atoms with van der Waals surface area (Å²) in [4.78, 5) is 15.0. The summed E-state index contributed by atoms with van der Waals surface area (Å²) in [6.45, 7) is 19.8. The molecule has 0 saturated heterocycles. The van der Waals surface area contributed by atoms with Crippen LogP contribution in [0.5, 0.6) is 0 Å². The maximum Gasteiger partial charge on any atom is 3.00 e. The Hall–Kier alpha value is -10.1. The molecule has 480 valence electrons. The molecule has 3 heterocycles. The monoisotopic (exact) mass is 1460 g/mol.